The molecule has 728 valence electrons. The van der Waals surface area contributed by atoms with Gasteiger partial charge in [-0.05, 0) is 512 Å². The van der Waals surface area contributed by atoms with Crippen molar-refractivity contribution in [3.8, 4) is 0 Å². The fraction of sp³-hybridized carbons (Fsp3) is 0.921. The summed E-state index contributed by atoms with van der Waals surface area (Å²) in [5.74, 6) is 21.1. The van der Waals surface area contributed by atoms with E-state index in [2.05, 4.69) is 48.1 Å². The van der Waals surface area contributed by atoms with Gasteiger partial charge >= 0.3 is 0 Å². The second-order valence-corrected chi connectivity index (χ2v) is 55.0. The van der Waals surface area contributed by atoms with Crippen LogP contribution >= 0.6 is 0 Å². The molecule has 14 nitrogen and oxygen atoms in total. The molecule has 0 bridgehead atoms. The van der Waals surface area contributed by atoms with E-state index in [1.54, 1.807) is 19.9 Å². The highest BCUT2D eigenvalue weighted by Crippen LogP contribution is 2.72. The Balaban J connectivity index is 0.000000118. The number of hydrogen-bond acceptors (Lipinski definition) is 14. The summed E-state index contributed by atoms with van der Waals surface area (Å²) in [4.78, 5) is 86.4. The Kier molecular flexibility index (Phi) is 29.0. The second-order valence-electron chi connectivity index (χ2n) is 52.8. The fourth-order valence-electron chi connectivity index (χ4n) is 39.9. The highest BCUT2D eigenvalue weighted by Gasteiger charge is 2.66. The maximum absolute atomic E-state index is 12.8. The molecule has 0 saturated heterocycles. The molecule has 0 radical (unpaired) electrons. The molecule has 5 N–H and O–H groups in total. The average molecular weight is 1810 g/mol. The van der Waals surface area contributed by atoms with E-state index >= 15 is 0 Å². The van der Waals surface area contributed by atoms with Gasteiger partial charge < -0.3 is 25.5 Å². The van der Waals surface area contributed by atoms with Crippen LogP contribution < -0.4 is 0 Å². The van der Waals surface area contributed by atoms with Gasteiger partial charge in [-0.25, -0.2) is 8.42 Å². The maximum Gasteiger partial charge on any atom is 0.154 e. The molecular weight excluding hydrogens is 1630 g/mol. The van der Waals surface area contributed by atoms with Gasteiger partial charge in [-0.3, -0.25) is 33.6 Å². The molecule has 15 heteroatoms. The van der Waals surface area contributed by atoms with Crippen LogP contribution in [0, 0.1) is 205 Å². The van der Waals surface area contributed by atoms with Gasteiger partial charge in [0, 0.05) is 48.7 Å². The molecule has 0 aromatic carbocycles. The van der Waals surface area contributed by atoms with Crippen molar-refractivity contribution in [3.05, 3.63) is 12.7 Å². The number of carbonyl (C=O) groups excluding carboxylic acids is 7. The van der Waals surface area contributed by atoms with Crippen LogP contribution in [0.2, 0.25) is 0 Å². The molecule has 0 aromatic rings. The lowest BCUT2D eigenvalue weighted by molar-refractivity contribution is -0.136. The summed E-state index contributed by atoms with van der Waals surface area (Å²) in [6, 6.07) is 0. The predicted molar refractivity (Wildman–Crippen MR) is 511 cm³/mol. The molecule has 0 aromatic heterocycles. The van der Waals surface area contributed by atoms with Gasteiger partial charge in [0.1, 0.15) is 40.5 Å². The lowest BCUT2D eigenvalue weighted by atomic mass is 9.48. The molecule has 20 rings (SSSR count). The molecule has 0 spiro atoms. The van der Waals surface area contributed by atoms with Gasteiger partial charge in [-0.15, -0.1) is 6.58 Å². The molecule has 20 fully saturated rings. The zero-order chi connectivity index (χ0) is 92.6. The highest BCUT2D eigenvalue weighted by molar-refractivity contribution is 7.91. The van der Waals surface area contributed by atoms with E-state index in [1.807, 2.05) is 34.6 Å². The van der Waals surface area contributed by atoms with Gasteiger partial charge in [0.2, 0.25) is 0 Å². The minimum absolute atomic E-state index is 0.00403. The minimum Gasteiger partial charge on any atom is -0.390 e. The van der Waals surface area contributed by atoms with Crippen LogP contribution in [0.1, 0.15) is 411 Å². The summed E-state index contributed by atoms with van der Waals surface area (Å²) in [7, 11) is -3.25. The van der Waals surface area contributed by atoms with Gasteiger partial charge in [0.25, 0.3) is 0 Å². The number of allylic oxidation sites excluding steroid dienone is 1. The number of sulfone groups is 1. The summed E-state index contributed by atoms with van der Waals surface area (Å²) >= 11 is 0. The molecule has 40 atom stereocenters. The van der Waals surface area contributed by atoms with Crippen molar-refractivity contribution < 1.29 is 67.5 Å². The van der Waals surface area contributed by atoms with E-state index in [4.69, 9.17) is 0 Å². The third kappa shape index (κ3) is 19.4. The highest BCUT2D eigenvalue weighted by atomic mass is 32.2. The minimum atomic E-state index is -3.25. The van der Waals surface area contributed by atoms with Crippen molar-refractivity contribution in [2.75, 3.05) is 12.0 Å². The van der Waals surface area contributed by atoms with E-state index in [-0.39, 0.29) is 98.4 Å². The number of Topliss-reactive ketones (excluding diaryl/α,β-unsaturated/α-hetero) is 7. The third-order valence-corrected chi connectivity index (χ3v) is 46.4. The van der Waals surface area contributed by atoms with E-state index in [1.165, 1.54) is 167 Å². The van der Waals surface area contributed by atoms with E-state index < -0.39 is 32.2 Å². The average Bonchev–Trinajstić information content (AvgIpc) is 1.65. The second kappa shape index (κ2) is 37.7. The first kappa shape index (κ1) is 99.2. The topological polar surface area (TPSA) is 255 Å². The lowest BCUT2D eigenvalue weighted by Gasteiger charge is -2.57. The number of ketones is 7. The Labute approximate surface area is 781 Å². The normalized spacial score (nSPS) is 50.9. The SMILES string of the molecule is C=CCC(=O)[C@H]1CC[C@H]2[C@@H]3CC[C@@H]4C[C@](C)(O)CC[C@@H]4[C@H]3CC[C@]12C.CC(=O)CC(=O)[C@H]1CC[C@H]2[C@@H]3CC[C@@H]4C[C@](C)(O)CC[C@@H]4[C@H]3CC[C@]12C.CC(=O)CC(=O)[C@H]1CC[C@H]2[C@@H]3CC[C@@H]4C[C@](C)(O)CC[C@@H]4[C@H]3CC[C@]12C.CCC(=O)[C@H]1CC[C@H]2[C@@H]3CC[C@@H]4C[C@@](O)(CC)CC[C@@H]4[C@H]3CC[C@]12C.C[C@@]1(O)CC[C@H]2[C@H](CC[C@@H]3[C@@H]2CC[C@]2(C)[C@@H](C(=O)CS(C)(=O)=O)CC[C@@H]32)C1. The summed E-state index contributed by atoms with van der Waals surface area (Å²) in [6.45, 7) is 31.1. The van der Waals surface area contributed by atoms with Crippen molar-refractivity contribution in [3.63, 3.8) is 0 Å². The van der Waals surface area contributed by atoms with Crippen LogP contribution in [0.3, 0.4) is 0 Å². The van der Waals surface area contributed by atoms with E-state index in [0.717, 1.165) is 248 Å². The summed E-state index contributed by atoms with van der Waals surface area (Å²) in [6.07, 6.45) is 57.6. The smallest absolute Gasteiger partial charge is 0.154 e. The lowest BCUT2D eigenvalue weighted by Crippen LogP contribution is -2.51. The molecular formula is C114H182O14S. The van der Waals surface area contributed by atoms with Gasteiger partial charge in [-0.1, -0.05) is 54.5 Å². The quantitative estimate of drug-likeness (QED) is 0.0755. The molecule has 20 aliphatic carbocycles. The third-order valence-electron chi connectivity index (χ3n) is 45.6. The summed E-state index contributed by atoms with van der Waals surface area (Å²) in [5.41, 5.74) is -1.39. The van der Waals surface area contributed by atoms with Gasteiger partial charge in [0.05, 0.1) is 40.8 Å². The van der Waals surface area contributed by atoms with Crippen LogP contribution in [0.4, 0.5) is 0 Å². The Morgan fingerprint density at radius 1 is 0.295 bits per heavy atom. The molecule has 20 saturated carbocycles. The predicted octanol–water partition coefficient (Wildman–Crippen LogP) is 23.3. The van der Waals surface area contributed by atoms with Crippen molar-refractivity contribution in [1.82, 2.24) is 0 Å². The Morgan fingerprint density at radius 2 is 0.535 bits per heavy atom. The summed E-state index contributed by atoms with van der Waals surface area (Å²) in [5, 5.41) is 52.8. The Hall–Kier alpha value is -2.82. The van der Waals surface area contributed by atoms with Crippen LogP contribution in [-0.4, -0.2) is 114 Å². The zero-order valence-electron chi connectivity index (χ0n) is 83.5. The summed E-state index contributed by atoms with van der Waals surface area (Å²) < 4.78 is 23.3. The molecule has 0 unspecified atom stereocenters. The molecule has 129 heavy (non-hydrogen) atoms. The zero-order valence-corrected chi connectivity index (χ0v) is 84.3. The number of fused-ring (bicyclic) bond motifs is 25. The Morgan fingerprint density at radius 3 is 0.783 bits per heavy atom. The van der Waals surface area contributed by atoms with E-state index in [9.17, 15) is 67.5 Å². The van der Waals surface area contributed by atoms with Crippen LogP contribution in [0.25, 0.3) is 0 Å². The molecule has 0 heterocycles. The van der Waals surface area contributed by atoms with Crippen molar-refractivity contribution in [2.24, 2.45) is 205 Å². The van der Waals surface area contributed by atoms with Crippen molar-refractivity contribution in [2.45, 2.75) is 439 Å². The van der Waals surface area contributed by atoms with E-state index in [0.29, 0.717) is 70.7 Å². The first-order valence-electron chi connectivity index (χ1n) is 54.7. The van der Waals surface area contributed by atoms with Crippen molar-refractivity contribution >= 4 is 50.3 Å². The molecule has 20 aliphatic rings. The standard InChI is InChI=1S/2C23H36O3.C23H36O2.C23H38O2.C22H36O4S/c2*1-14(24)12-21(25)20-7-6-19-18-5-4-15-13-22(2,26)10-8-16(15)17(18)9-11-23(19,20)3;1-4-5-21(24)20-9-8-19-18-7-6-15-14-22(2,25)12-10-16(15)17(18)11-13-23(19,20)3;1-4-21(24)20-9-8-19-18-7-6-15-14-23(25,5-2)13-11-16(15)17(18)10-12-22(19,20)3;1-21(24)10-8-15-14(12-21)4-5-17-16(15)9-11-22(2)18(17)6-7-19(22)20(23)13-27(3,25)26/h2*15-20,26H,4-13H2,1-3H3;4,15-20,25H,1,5-14H2,2-3H3;15-20,25H,4-14H2,1-3H3;14-19,24H,4-13H2,1-3H3/t3*15-,16+,17-,18-,19+,20-,22-,23+;15-,16+,17-,18-,19+,20-,22+,23-;14-,15+,16-,17-,18+,19-,21-,22+/m11111/s1. The number of rotatable bonds is 15. The number of aliphatic hydroxyl groups is 5. The molecule has 0 amide bonds. The number of hydrogen-bond donors (Lipinski definition) is 5. The monoisotopic (exact) mass is 1810 g/mol. The first-order chi connectivity index (χ1) is 60.7. The first-order valence-corrected chi connectivity index (χ1v) is 56.8. The van der Waals surface area contributed by atoms with Crippen molar-refractivity contribution in [1.29, 1.82) is 0 Å². The van der Waals surface area contributed by atoms with Crippen LogP contribution in [0.15, 0.2) is 12.7 Å². The number of carbonyl (C=O) groups is 7. The fourth-order valence-corrected chi connectivity index (χ4v) is 40.6. The van der Waals surface area contributed by atoms with Gasteiger partial charge in [0.15, 0.2) is 15.6 Å². The van der Waals surface area contributed by atoms with Crippen LogP contribution in [0.5, 0.6) is 0 Å². The Bertz CT molecular complexity index is 4090. The van der Waals surface area contributed by atoms with Crippen LogP contribution in [-0.2, 0) is 43.4 Å². The maximum atomic E-state index is 12.8. The largest absolute Gasteiger partial charge is 0.390 e. The van der Waals surface area contributed by atoms with Gasteiger partial charge in [-0.2, -0.15) is 0 Å². The molecule has 0 aliphatic heterocycles.